The minimum absolute atomic E-state index is 0.0926. The molecule has 0 heterocycles. The van der Waals surface area contributed by atoms with Gasteiger partial charge in [0.05, 0.1) is 0 Å². The van der Waals surface area contributed by atoms with E-state index in [-0.39, 0.29) is 10.6 Å². The average molecular weight is 179 g/mol. The molecule has 1 aromatic rings. The molecule has 0 saturated heterocycles. The first kappa shape index (κ1) is 9.21. The van der Waals surface area contributed by atoms with Crippen LogP contribution < -0.4 is 5.73 Å². The summed E-state index contributed by atoms with van der Waals surface area (Å²) < 4.78 is 0. The molecule has 13 heavy (non-hydrogen) atoms. The Labute approximate surface area is 74.9 Å². The Kier molecular flexibility index (Phi) is 2.61. The summed E-state index contributed by atoms with van der Waals surface area (Å²) in [5, 5.41) is 15.9. The highest BCUT2D eigenvalue weighted by Crippen LogP contribution is 2.01. The molecule has 0 aliphatic carbocycles. The van der Waals surface area contributed by atoms with Crippen LogP contribution in [0, 0.1) is 5.41 Å². The van der Waals surface area contributed by atoms with Crippen LogP contribution in [-0.2, 0) is 0 Å². The summed E-state index contributed by atoms with van der Waals surface area (Å²) in [7, 11) is 0. The molecule has 0 fully saturated rings. The van der Waals surface area contributed by atoms with Crippen molar-refractivity contribution in [1.82, 2.24) is 5.06 Å². The lowest BCUT2D eigenvalue weighted by atomic mass is 10.2. The highest BCUT2D eigenvalue weighted by Gasteiger charge is 2.14. The molecule has 0 bridgehead atoms. The van der Waals surface area contributed by atoms with Crippen LogP contribution in [0.1, 0.15) is 10.4 Å². The van der Waals surface area contributed by atoms with Gasteiger partial charge in [-0.05, 0) is 12.1 Å². The summed E-state index contributed by atoms with van der Waals surface area (Å²) in [6, 6.07) is 8.09. The number of nitrogens with one attached hydrogen (secondary N) is 1. The summed E-state index contributed by atoms with van der Waals surface area (Å²) in [5.74, 6) is -1.41. The van der Waals surface area contributed by atoms with E-state index in [4.69, 9.17) is 16.4 Å². The van der Waals surface area contributed by atoms with Gasteiger partial charge in [-0.15, -0.1) is 0 Å². The zero-order chi connectivity index (χ0) is 9.84. The number of nitrogens with two attached hydrogens (primary N) is 1. The van der Waals surface area contributed by atoms with Crippen molar-refractivity contribution >= 4 is 11.9 Å². The lowest BCUT2D eigenvalue weighted by Crippen LogP contribution is -2.38. The minimum Gasteiger partial charge on any atom is -0.368 e. The Morgan fingerprint density at radius 3 is 2.38 bits per heavy atom. The van der Waals surface area contributed by atoms with Crippen LogP contribution in [0.15, 0.2) is 30.3 Å². The molecule has 0 unspecified atom stereocenters. The van der Waals surface area contributed by atoms with Crippen molar-refractivity contribution in [1.29, 1.82) is 5.41 Å². The van der Waals surface area contributed by atoms with Gasteiger partial charge >= 0.3 is 0 Å². The number of benzene rings is 1. The van der Waals surface area contributed by atoms with Crippen molar-refractivity contribution in [3.05, 3.63) is 35.9 Å². The minimum atomic E-state index is -0.715. The molecule has 1 aromatic carbocycles. The lowest BCUT2D eigenvalue weighted by molar-refractivity contribution is -0.00450. The topological polar surface area (TPSA) is 90.4 Å². The third-order valence-corrected chi connectivity index (χ3v) is 1.44. The van der Waals surface area contributed by atoms with Crippen LogP contribution in [0.25, 0.3) is 0 Å². The first-order chi connectivity index (χ1) is 6.13. The number of carbonyl (C=O) groups excluding carboxylic acids is 1. The first-order valence-electron chi connectivity index (χ1n) is 3.55. The summed E-state index contributed by atoms with van der Waals surface area (Å²) in [4.78, 5) is 11.2. The van der Waals surface area contributed by atoms with Crippen LogP contribution in [0.4, 0.5) is 0 Å². The summed E-state index contributed by atoms with van der Waals surface area (Å²) in [5.41, 5.74) is 5.19. The monoisotopic (exact) mass is 179 g/mol. The van der Waals surface area contributed by atoms with Crippen molar-refractivity contribution in [3.8, 4) is 0 Å². The van der Waals surface area contributed by atoms with Crippen molar-refractivity contribution in [3.63, 3.8) is 0 Å². The molecule has 0 aliphatic heterocycles. The van der Waals surface area contributed by atoms with Gasteiger partial charge in [0.15, 0.2) is 0 Å². The second kappa shape index (κ2) is 3.68. The summed E-state index contributed by atoms with van der Waals surface area (Å²) in [6.45, 7) is 0. The Bertz CT molecular complexity index is 323. The maximum absolute atomic E-state index is 11.2. The van der Waals surface area contributed by atoms with Crippen molar-refractivity contribution in [2.24, 2.45) is 5.73 Å². The maximum Gasteiger partial charge on any atom is 0.284 e. The molecule has 5 nitrogen and oxygen atoms in total. The fraction of sp³-hybridized carbons (Fsp3) is 0. The van der Waals surface area contributed by atoms with Gasteiger partial charge in [-0.1, -0.05) is 18.2 Å². The molecule has 0 spiro atoms. The number of hydroxylamine groups is 2. The average Bonchev–Trinajstić information content (AvgIpc) is 2.17. The number of rotatable bonds is 1. The standard InChI is InChI=1S/C8H9N3O2/c9-8(10)11(13)7(12)6-4-2-1-3-5-6/h1-5,13H,(H3,9,10). The molecule has 4 N–H and O–H groups in total. The number of amides is 1. The van der Waals surface area contributed by atoms with Gasteiger partial charge in [0.25, 0.3) is 5.91 Å². The van der Waals surface area contributed by atoms with Crippen molar-refractivity contribution in [2.45, 2.75) is 0 Å². The zero-order valence-electron chi connectivity index (χ0n) is 6.77. The Balaban J connectivity index is 2.86. The van der Waals surface area contributed by atoms with Crippen LogP contribution in [-0.4, -0.2) is 22.1 Å². The molecule has 5 heteroatoms. The van der Waals surface area contributed by atoms with Crippen LogP contribution in [0.2, 0.25) is 0 Å². The van der Waals surface area contributed by atoms with E-state index in [2.05, 4.69) is 0 Å². The highest BCUT2D eigenvalue weighted by atomic mass is 16.5. The molecule has 0 aromatic heterocycles. The zero-order valence-corrected chi connectivity index (χ0v) is 6.77. The fourth-order valence-corrected chi connectivity index (χ4v) is 0.812. The highest BCUT2D eigenvalue weighted by molar-refractivity contribution is 6.03. The normalized spacial score (nSPS) is 9.31. The molecular formula is C8H9N3O2. The number of hydrogen-bond donors (Lipinski definition) is 3. The molecule has 68 valence electrons. The maximum atomic E-state index is 11.2. The molecule has 0 atom stereocenters. The SMILES string of the molecule is N=C(N)N(O)C(=O)c1ccccc1. The van der Waals surface area contributed by atoms with E-state index in [0.29, 0.717) is 0 Å². The van der Waals surface area contributed by atoms with Crippen LogP contribution in [0.3, 0.4) is 0 Å². The molecule has 0 aliphatic rings. The fourth-order valence-electron chi connectivity index (χ4n) is 0.812. The summed E-state index contributed by atoms with van der Waals surface area (Å²) in [6.07, 6.45) is 0. The molecule has 0 saturated carbocycles. The van der Waals surface area contributed by atoms with Gasteiger partial charge in [-0.3, -0.25) is 15.4 Å². The van der Waals surface area contributed by atoms with Gasteiger partial charge < -0.3 is 5.73 Å². The predicted octanol–water partition coefficient (Wildman–Crippen LogP) is 0.411. The smallest absolute Gasteiger partial charge is 0.284 e. The quantitative estimate of drug-likeness (QED) is 0.252. The number of nitrogens with zero attached hydrogens (tertiary/aromatic N) is 1. The second-order valence-corrected chi connectivity index (χ2v) is 2.37. The molecule has 1 amide bonds. The predicted molar refractivity (Wildman–Crippen MR) is 46.3 cm³/mol. The van der Waals surface area contributed by atoms with Gasteiger partial charge in [-0.25, -0.2) is 0 Å². The number of guanidine groups is 1. The van der Waals surface area contributed by atoms with Gasteiger partial charge in [0, 0.05) is 5.56 Å². The lowest BCUT2D eigenvalue weighted by Gasteiger charge is -2.11. The van der Waals surface area contributed by atoms with E-state index in [1.165, 1.54) is 12.1 Å². The Morgan fingerprint density at radius 2 is 1.92 bits per heavy atom. The van der Waals surface area contributed by atoms with E-state index in [1.54, 1.807) is 18.2 Å². The summed E-state index contributed by atoms with van der Waals surface area (Å²) >= 11 is 0. The third kappa shape index (κ3) is 2.03. The van der Waals surface area contributed by atoms with E-state index in [1.807, 2.05) is 0 Å². The van der Waals surface area contributed by atoms with Crippen LogP contribution in [0.5, 0.6) is 0 Å². The molecule has 1 rings (SSSR count). The van der Waals surface area contributed by atoms with Crippen LogP contribution >= 0.6 is 0 Å². The van der Waals surface area contributed by atoms with Gasteiger partial charge in [0.1, 0.15) is 0 Å². The molecule has 0 radical (unpaired) electrons. The number of carbonyl (C=O) groups is 1. The van der Waals surface area contributed by atoms with E-state index in [0.717, 1.165) is 0 Å². The van der Waals surface area contributed by atoms with E-state index >= 15 is 0 Å². The van der Waals surface area contributed by atoms with Crippen molar-refractivity contribution in [2.75, 3.05) is 0 Å². The van der Waals surface area contributed by atoms with Crippen molar-refractivity contribution < 1.29 is 10.0 Å². The second-order valence-electron chi connectivity index (χ2n) is 2.37. The molecular weight excluding hydrogens is 170 g/mol. The van der Waals surface area contributed by atoms with Gasteiger partial charge in [0.2, 0.25) is 5.96 Å². The van der Waals surface area contributed by atoms with E-state index < -0.39 is 11.9 Å². The first-order valence-corrected chi connectivity index (χ1v) is 3.55. The van der Waals surface area contributed by atoms with E-state index in [9.17, 15) is 4.79 Å². The van der Waals surface area contributed by atoms with Gasteiger partial charge in [-0.2, -0.15) is 5.06 Å². The number of hydrogen-bond acceptors (Lipinski definition) is 3. The Morgan fingerprint density at radius 1 is 1.38 bits per heavy atom. The Hall–Kier alpha value is -1.88. The third-order valence-electron chi connectivity index (χ3n) is 1.44. The largest absolute Gasteiger partial charge is 0.368 e.